The number of alkyl halides is 3. The van der Waals surface area contributed by atoms with Crippen LogP contribution in [0.25, 0.3) is 22.3 Å². The molecule has 0 unspecified atom stereocenters. The van der Waals surface area contributed by atoms with E-state index in [1.165, 1.54) is 12.4 Å². The fourth-order valence-corrected chi connectivity index (χ4v) is 4.32. The van der Waals surface area contributed by atoms with Crippen molar-refractivity contribution in [3.8, 4) is 17.3 Å². The number of nitrogens with zero attached hydrogens (tertiary/aromatic N) is 5. The first-order valence-corrected chi connectivity index (χ1v) is 11.2. The van der Waals surface area contributed by atoms with E-state index in [0.29, 0.717) is 18.7 Å². The molecule has 3 N–H and O–H groups in total. The van der Waals surface area contributed by atoms with Crippen molar-refractivity contribution in [2.75, 3.05) is 25.0 Å². The molecule has 0 saturated carbocycles. The van der Waals surface area contributed by atoms with E-state index in [1.807, 2.05) is 13.0 Å². The number of H-pyrrole nitrogens is 1. The summed E-state index contributed by atoms with van der Waals surface area (Å²) in [5, 5.41) is 22.0. The number of likely N-dealkylation sites (tertiary alicyclic amines) is 1. The zero-order valence-electron chi connectivity index (χ0n) is 18.9. The number of aromatic amines is 1. The summed E-state index contributed by atoms with van der Waals surface area (Å²) in [6.07, 6.45) is 0.672. The van der Waals surface area contributed by atoms with Gasteiger partial charge in [0.15, 0.2) is 0 Å². The van der Waals surface area contributed by atoms with Crippen LogP contribution in [0, 0.1) is 17.2 Å². The van der Waals surface area contributed by atoms with E-state index in [1.54, 1.807) is 4.90 Å². The Hall–Kier alpha value is -3.72. The summed E-state index contributed by atoms with van der Waals surface area (Å²) in [5.41, 5.74) is 0.00486. The van der Waals surface area contributed by atoms with E-state index in [9.17, 15) is 23.2 Å². The number of amides is 1. The summed E-state index contributed by atoms with van der Waals surface area (Å²) in [5.74, 6) is 0.426. The lowest BCUT2D eigenvalue weighted by Gasteiger charge is -2.35. The number of aliphatic hydroxyl groups excluding tert-OH is 1. The number of aromatic nitrogens is 4. The van der Waals surface area contributed by atoms with E-state index >= 15 is 0 Å². The second kappa shape index (κ2) is 9.87. The maximum atomic E-state index is 13.2. The number of carbonyl (C=O) groups is 1. The van der Waals surface area contributed by atoms with Gasteiger partial charge in [0.25, 0.3) is 0 Å². The molecule has 35 heavy (non-hydrogen) atoms. The quantitative estimate of drug-likeness (QED) is 0.486. The number of aliphatic hydroxyl groups is 1. The van der Waals surface area contributed by atoms with Crippen molar-refractivity contribution in [1.29, 1.82) is 5.26 Å². The predicted octanol–water partition coefficient (Wildman–Crippen LogP) is 3.33. The standard InChI is InChI=1S/C23H24F3N7O2/c1-13(14-2-5-33(6-3-14)19(35)4-7-34)31-22-30-10-15(9-27)20(32-22)18-12-29-21-17(18)8-16(11-28-21)23(24,25)26/h8,10-14,34H,2-7H2,1H3,(H,28,29)(H,30,31,32)/t13-/m1/s1. The molecule has 3 aromatic rings. The second-order valence-corrected chi connectivity index (χ2v) is 8.51. The lowest BCUT2D eigenvalue weighted by molar-refractivity contribution is -0.137. The number of rotatable bonds is 6. The molecule has 9 nitrogen and oxygen atoms in total. The maximum absolute atomic E-state index is 13.2. The third-order valence-corrected chi connectivity index (χ3v) is 6.30. The van der Waals surface area contributed by atoms with Crippen LogP contribution in [0.15, 0.2) is 24.7 Å². The number of piperidine rings is 1. The van der Waals surface area contributed by atoms with Crippen molar-refractivity contribution in [2.24, 2.45) is 5.92 Å². The Labute approximate surface area is 199 Å². The third kappa shape index (κ3) is 5.19. The van der Waals surface area contributed by atoms with Crippen molar-refractivity contribution >= 4 is 22.9 Å². The summed E-state index contributed by atoms with van der Waals surface area (Å²) in [6.45, 7) is 3.00. The number of hydrogen-bond donors (Lipinski definition) is 3. The minimum atomic E-state index is -4.56. The minimum absolute atomic E-state index is 0.0488. The Morgan fingerprint density at radius 1 is 1.34 bits per heavy atom. The lowest BCUT2D eigenvalue weighted by atomic mass is 9.90. The van der Waals surface area contributed by atoms with Gasteiger partial charge in [-0.1, -0.05) is 0 Å². The van der Waals surface area contributed by atoms with Gasteiger partial charge in [-0.15, -0.1) is 0 Å². The Morgan fingerprint density at radius 3 is 2.74 bits per heavy atom. The molecular weight excluding hydrogens is 463 g/mol. The van der Waals surface area contributed by atoms with Gasteiger partial charge in [-0.2, -0.15) is 18.4 Å². The van der Waals surface area contributed by atoms with Crippen LogP contribution in [0.3, 0.4) is 0 Å². The zero-order valence-corrected chi connectivity index (χ0v) is 18.9. The van der Waals surface area contributed by atoms with E-state index < -0.39 is 11.7 Å². The molecule has 3 aromatic heterocycles. The zero-order chi connectivity index (χ0) is 25.2. The van der Waals surface area contributed by atoms with Crippen LogP contribution in [-0.2, 0) is 11.0 Å². The van der Waals surface area contributed by atoms with Crippen LogP contribution in [-0.4, -0.2) is 61.6 Å². The van der Waals surface area contributed by atoms with Gasteiger partial charge < -0.3 is 20.3 Å². The van der Waals surface area contributed by atoms with E-state index in [4.69, 9.17) is 5.11 Å². The summed E-state index contributed by atoms with van der Waals surface area (Å²) in [6, 6.07) is 2.93. The number of nitrogens with one attached hydrogen (secondary N) is 2. The highest BCUT2D eigenvalue weighted by Gasteiger charge is 2.32. The van der Waals surface area contributed by atoms with Gasteiger partial charge in [-0.05, 0) is 31.7 Å². The minimum Gasteiger partial charge on any atom is -0.396 e. The largest absolute Gasteiger partial charge is 0.417 e. The fourth-order valence-electron chi connectivity index (χ4n) is 4.32. The van der Waals surface area contributed by atoms with Gasteiger partial charge in [0, 0.05) is 48.9 Å². The Kier molecular flexibility index (Phi) is 6.88. The molecule has 1 atom stereocenters. The molecule has 4 heterocycles. The number of pyridine rings is 1. The molecule has 4 rings (SSSR count). The van der Waals surface area contributed by atoms with Gasteiger partial charge in [0.2, 0.25) is 11.9 Å². The van der Waals surface area contributed by atoms with Gasteiger partial charge in [0.1, 0.15) is 11.7 Å². The molecule has 0 spiro atoms. The first-order valence-electron chi connectivity index (χ1n) is 11.2. The predicted molar refractivity (Wildman–Crippen MR) is 121 cm³/mol. The molecule has 12 heteroatoms. The maximum Gasteiger partial charge on any atom is 0.417 e. The SMILES string of the molecule is C[C@@H](Nc1ncc(C#N)c(-c2c[nH]c3ncc(C(F)(F)F)cc23)n1)C1CCN(C(=O)CCO)CC1. The van der Waals surface area contributed by atoms with Gasteiger partial charge in [-0.3, -0.25) is 4.79 Å². The van der Waals surface area contributed by atoms with Crippen LogP contribution in [0.5, 0.6) is 0 Å². The van der Waals surface area contributed by atoms with Gasteiger partial charge >= 0.3 is 6.18 Å². The normalized spacial score (nSPS) is 15.7. The van der Waals surface area contributed by atoms with Gasteiger partial charge in [0.05, 0.1) is 29.6 Å². The molecule has 1 saturated heterocycles. The highest BCUT2D eigenvalue weighted by atomic mass is 19.4. The van der Waals surface area contributed by atoms with Crippen molar-refractivity contribution in [3.63, 3.8) is 0 Å². The average molecular weight is 487 g/mol. The Bertz CT molecular complexity index is 1260. The van der Waals surface area contributed by atoms with Crippen LogP contribution >= 0.6 is 0 Å². The van der Waals surface area contributed by atoms with Crippen LogP contribution in [0.2, 0.25) is 0 Å². The second-order valence-electron chi connectivity index (χ2n) is 8.51. The van der Waals surface area contributed by atoms with Crippen LogP contribution in [0.1, 0.15) is 37.3 Å². The van der Waals surface area contributed by atoms with Crippen molar-refractivity contribution in [1.82, 2.24) is 24.8 Å². The molecule has 1 aliphatic rings. The molecule has 1 aliphatic heterocycles. The van der Waals surface area contributed by atoms with E-state index in [2.05, 4.69) is 25.3 Å². The topological polar surface area (TPSA) is 131 Å². The van der Waals surface area contributed by atoms with Crippen LogP contribution < -0.4 is 5.32 Å². The van der Waals surface area contributed by atoms with Crippen LogP contribution in [0.4, 0.5) is 19.1 Å². The molecule has 1 amide bonds. The molecule has 0 bridgehead atoms. The van der Waals surface area contributed by atoms with E-state index in [0.717, 1.165) is 25.1 Å². The Morgan fingerprint density at radius 2 is 2.09 bits per heavy atom. The average Bonchev–Trinajstić information content (AvgIpc) is 3.27. The number of anilines is 1. The smallest absolute Gasteiger partial charge is 0.396 e. The molecule has 0 aromatic carbocycles. The lowest BCUT2D eigenvalue weighted by Crippen LogP contribution is -2.42. The molecule has 0 radical (unpaired) electrons. The molecule has 0 aliphatic carbocycles. The Balaban J connectivity index is 1.55. The molecule has 1 fully saturated rings. The molecular formula is C23H24F3N7O2. The number of hydrogen-bond acceptors (Lipinski definition) is 7. The number of halogens is 3. The molecule has 184 valence electrons. The highest BCUT2D eigenvalue weighted by Crippen LogP contribution is 2.35. The number of nitriles is 1. The summed E-state index contributed by atoms with van der Waals surface area (Å²) >= 11 is 0. The summed E-state index contributed by atoms with van der Waals surface area (Å²) in [7, 11) is 0. The van der Waals surface area contributed by atoms with Crippen molar-refractivity contribution in [3.05, 3.63) is 35.8 Å². The third-order valence-electron chi connectivity index (χ3n) is 6.30. The van der Waals surface area contributed by atoms with E-state index in [-0.39, 0.29) is 59.1 Å². The fraction of sp³-hybridized carbons (Fsp3) is 0.435. The highest BCUT2D eigenvalue weighted by molar-refractivity contribution is 5.94. The number of fused-ring (bicyclic) bond motifs is 1. The van der Waals surface area contributed by atoms with Crippen molar-refractivity contribution < 1.29 is 23.1 Å². The van der Waals surface area contributed by atoms with Gasteiger partial charge in [-0.25, -0.2) is 15.0 Å². The van der Waals surface area contributed by atoms with Crippen molar-refractivity contribution in [2.45, 2.75) is 38.4 Å². The first kappa shape index (κ1) is 24.4. The monoisotopic (exact) mass is 487 g/mol. The first-order chi connectivity index (χ1) is 16.7. The number of carbonyl (C=O) groups excluding carboxylic acids is 1. The summed E-state index contributed by atoms with van der Waals surface area (Å²) in [4.78, 5) is 29.1. The summed E-state index contributed by atoms with van der Waals surface area (Å²) < 4.78 is 39.7.